The lowest BCUT2D eigenvalue weighted by Gasteiger charge is -2.11. The fourth-order valence-corrected chi connectivity index (χ4v) is 2.43. The standard InChI is InChI=1S/C19H17N3O3/c1-13-11-17(23)18(21-22(13)15-8-4-3-5-9-15)19(24)20-14-7-6-10-16(12-14)25-2/h3-12H,1-2H3,(H,20,24). The Balaban J connectivity index is 1.96. The second-order valence-corrected chi connectivity index (χ2v) is 5.43. The molecule has 0 unspecified atom stereocenters. The zero-order chi connectivity index (χ0) is 17.8. The van der Waals surface area contributed by atoms with E-state index in [4.69, 9.17) is 4.74 Å². The summed E-state index contributed by atoms with van der Waals surface area (Å²) in [6.07, 6.45) is 0. The van der Waals surface area contributed by atoms with Crippen LogP contribution in [0.2, 0.25) is 0 Å². The fourth-order valence-electron chi connectivity index (χ4n) is 2.43. The van der Waals surface area contributed by atoms with E-state index >= 15 is 0 Å². The van der Waals surface area contributed by atoms with Gasteiger partial charge in [0, 0.05) is 23.5 Å². The lowest BCUT2D eigenvalue weighted by molar-refractivity contribution is 0.101. The van der Waals surface area contributed by atoms with Crippen LogP contribution in [-0.2, 0) is 0 Å². The largest absolute Gasteiger partial charge is 0.497 e. The zero-order valence-corrected chi connectivity index (χ0v) is 13.9. The highest BCUT2D eigenvalue weighted by Gasteiger charge is 2.15. The summed E-state index contributed by atoms with van der Waals surface area (Å²) in [6.45, 7) is 1.77. The number of nitrogens with one attached hydrogen (secondary N) is 1. The maximum absolute atomic E-state index is 12.5. The van der Waals surface area contributed by atoms with Crippen LogP contribution in [0.25, 0.3) is 5.69 Å². The summed E-state index contributed by atoms with van der Waals surface area (Å²) in [5.74, 6) is 0.0410. The van der Waals surface area contributed by atoms with E-state index in [-0.39, 0.29) is 5.69 Å². The maximum Gasteiger partial charge on any atom is 0.280 e. The topological polar surface area (TPSA) is 73.2 Å². The van der Waals surface area contributed by atoms with Crippen LogP contribution >= 0.6 is 0 Å². The number of amides is 1. The Morgan fingerprint density at radius 2 is 1.84 bits per heavy atom. The molecule has 0 aliphatic rings. The van der Waals surface area contributed by atoms with Gasteiger partial charge in [-0.1, -0.05) is 24.3 Å². The molecule has 0 aliphatic carbocycles. The van der Waals surface area contributed by atoms with Crippen LogP contribution in [0.5, 0.6) is 5.75 Å². The van der Waals surface area contributed by atoms with Crippen LogP contribution in [0.15, 0.2) is 65.5 Å². The van der Waals surface area contributed by atoms with E-state index < -0.39 is 11.3 Å². The fraction of sp³-hybridized carbons (Fsp3) is 0.105. The predicted octanol–water partition coefficient (Wildman–Crippen LogP) is 2.80. The molecule has 3 rings (SSSR count). The molecule has 0 saturated carbocycles. The number of hydrogen-bond acceptors (Lipinski definition) is 4. The number of aromatic nitrogens is 2. The van der Waals surface area contributed by atoms with Gasteiger partial charge in [0.2, 0.25) is 5.43 Å². The average molecular weight is 335 g/mol. The van der Waals surface area contributed by atoms with E-state index in [0.29, 0.717) is 17.1 Å². The third-order valence-corrected chi connectivity index (χ3v) is 3.65. The lowest BCUT2D eigenvalue weighted by atomic mass is 10.2. The van der Waals surface area contributed by atoms with Crippen LogP contribution in [-0.4, -0.2) is 22.8 Å². The number of hydrogen-bond donors (Lipinski definition) is 1. The molecule has 1 amide bonds. The van der Waals surface area contributed by atoms with Crippen molar-refractivity contribution in [2.75, 3.05) is 12.4 Å². The first-order valence-corrected chi connectivity index (χ1v) is 7.70. The van der Waals surface area contributed by atoms with Gasteiger partial charge in [-0.3, -0.25) is 9.59 Å². The van der Waals surface area contributed by atoms with Crippen molar-refractivity contribution in [2.24, 2.45) is 0 Å². The molecule has 0 atom stereocenters. The van der Waals surface area contributed by atoms with Gasteiger partial charge >= 0.3 is 0 Å². The first kappa shape index (κ1) is 16.4. The summed E-state index contributed by atoms with van der Waals surface area (Å²) in [6, 6.07) is 17.6. The monoisotopic (exact) mass is 335 g/mol. The smallest absolute Gasteiger partial charge is 0.280 e. The van der Waals surface area contributed by atoms with Gasteiger partial charge < -0.3 is 10.1 Å². The highest BCUT2D eigenvalue weighted by Crippen LogP contribution is 2.17. The first-order chi connectivity index (χ1) is 12.1. The van der Waals surface area contributed by atoms with Crippen molar-refractivity contribution in [3.63, 3.8) is 0 Å². The van der Waals surface area contributed by atoms with Crippen LogP contribution in [0.1, 0.15) is 16.2 Å². The number of anilines is 1. The predicted molar refractivity (Wildman–Crippen MR) is 95.5 cm³/mol. The van der Waals surface area contributed by atoms with Crippen molar-refractivity contribution in [1.29, 1.82) is 0 Å². The first-order valence-electron chi connectivity index (χ1n) is 7.70. The summed E-state index contributed by atoms with van der Waals surface area (Å²) in [5, 5.41) is 6.92. The summed E-state index contributed by atoms with van der Waals surface area (Å²) in [4.78, 5) is 24.7. The van der Waals surface area contributed by atoms with Crippen molar-refractivity contribution in [3.8, 4) is 11.4 Å². The molecule has 0 spiro atoms. The summed E-state index contributed by atoms with van der Waals surface area (Å²) < 4.78 is 6.70. The van der Waals surface area contributed by atoms with E-state index in [1.54, 1.807) is 43.0 Å². The second-order valence-electron chi connectivity index (χ2n) is 5.43. The molecule has 6 heteroatoms. The van der Waals surface area contributed by atoms with E-state index in [1.165, 1.54) is 6.07 Å². The third-order valence-electron chi connectivity index (χ3n) is 3.65. The summed E-state index contributed by atoms with van der Waals surface area (Å²) in [5.41, 5.74) is 1.35. The highest BCUT2D eigenvalue weighted by molar-refractivity contribution is 6.02. The molecule has 126 valence electrons. The number of carbonyl (C=O) groups is 1. The molecule has 1 heterocycles. The Labute approximate surface area is 144 Å². The molecule has 3 aromatic rings. The van der Waals surface area contributed by atoms with E-state index in [1.807, 2.05) is 30.3 Å². The molecule has 0 radical (unpaired) electrons. The molecule has 0 fully saturated rings. The van der Waals surface area contributed by atoms with Gasteiger partial charge in [0.25, 0.3) is 5.91 Å². The average Bonchev–Trinajstić information content (AvgIpc) is 2.62. The van der Waals surface area contributed by atoms with E-state index in [2.05, 4.69) is 10.4 Å². The molecular weight excluding hydrogens is 318 g/mol. The number of ether oxygens (including phenoxy) is 1. The summed E-state index contributed by atoms with van der Waals surface area (Å²) >= 11 is 0. The van der Waals surface area contributed by atoms with Crippen molar-refractivity contribution in [1.82, 2.24) is 9.78 Å². The van der Waals surface area contributed by atoms with E-state index in [0.717, 1.165) is 5.69 Å². The number of methoxy groups -OCH3 is 1. The Kier molecular flexibility index (Phi) is 4.61. The Morgan fingerprint density at radius 1 is 1.08 bits per heavy atom. The molecule has 25 heavy (non-hydrogen) atoms. The Hall–Kier alpha value is -3.41. The zero-order valence-electron chi connectivity index (χ0n) is 13.9. The van der Waals surface area contributed by atoms with Crippen molar-refractivity contribution in [2.45, 2.75) is 6.92 Å². The SMILES string of the molecule is COc1cccc(NC(=O)c2nn(-c3ccccc3)c(C)cc2=O)c1. The second kappa shape index (κ2) is 7.00. The van der Waals surface area contributed by atoms with Gasteiger partial charge in [-0.25, -0.2) is 4.68 Å². The van der Waals surface area contributed by atoms with Gasteiger partial charge in [-0.15, -0.1) is 0 Å². The number of benzene rings is 2. The normalized spacial score (nSPS) is 10.3. The van der Waals surface area contributed by atoms with Gasteiger partial charge in [-0.05, 0) is 31.2 Å². The number of nitrogens with zero attached hydrogens (tertiary/aromatic N) is 2. The number of carbonyl (C=O) groups excluding carboxylic acids is 1. The third kappa shape index (κ3) is 3.58. The van der Waals surface area contributed by atoms with Gasteiger partial charge in [0.15, 0.2) is 5.69 Å². The minimum absolute atomic E-state index is 0.169. The molecule has 0 aliphatic heterocycles. The molecule has 0 saturated heterocycles. The molecular formula is C19H17N3O3. The van der Waals surface area contributed by atoms with Crippen LogP contribution in [0, 0.1) is 6.92 Å². The number of rotatable bonds is 4. The molecule has 2 aromatic carbocycles. The van der Waals surface area contributed by atoms with Gasteiger partial charge in [-0.2, -0.15) is 5.10 Å². The minimum atomic E-state index is -0.567. The van der Waals surface area contributed by atoms with Gasteiger partial charge in [0.05, 0.1) is 12.8 Å². The Morgan fingerprint density at radius 3 is 2.56 bits per heavy atom. The number of para-hydroxylation sites is 1. The van der Waals surface area contributed by atoms with Crippen molar-refractivity contribution < 1.29 is 9.53 Å². The lowest BCUT2D eigenvalue weighted by Crippen LogP contribution is -2.26. The van der Waals surface area contributed by atoms with Crippen LogP contribution in [0.4, 0.5) is 5.69 Å². The maximum atomic E-state index is 12.5. The Bertz CT molecular complexity index is 965. The highest BCUT2D eigenvalue weighted by atomic mass is 16.5. The molecule has 1 N–H and O–H groups in total. The van der Waals surface area contributed by atoms with Crippen LogP contribution in [0.3, 0.4) is 0 Å². The van der Waals surface area contributed by atoms with E-state index in [9.17, 15) is 9.59 Å². The van der Waals surface area contributed by atoms with Gasteiger partial charge in [0.1, 0.15) is 5.75 Å². The van der Waals surface area contributed by atoms with Crippen molar-refractivity contribution >= 4 is 11.6 Å². The molecule has 6 nitrogen and oxygen atoms in total. The quantitative estimate of drug-likeness (QED) is 0.796. The minimum Gasteiger partial charge on any atom is -0.497 e. The van der Waals surface area contributed by atoms with Crippen molar-refractivity contribution in [3.05, 3.63) is 82.3 Å². The van der Waals surface area contributed by atoms with Crippen LogP contribution < -0.4 is 15.5 Å². The molecule has 0 bridgehead atoms. The summed E-state index contributed by atoms with van der Waals surface area (Å²) in [7, 11) is 1.54. The number of aryl methyl sites for hydroxylation is 1. The molecule has 1 aromatic heterocycles.